The molecule has 3 rings (SSSR count). The van der Waals surface area contributed by atoms with E-state index < -0.39 is 0 Å². The maximum absolute atomic E-state index is 9.43. The average molecular weight is 309 g/mol. The predicted molar refractivity (Wildman–Crippen MR) is 86.1 cm³/mol. The summed E-state index contributed by atoms with van der Waals surface area (Å²) in [7, 11) is 1.52. The number of hydrogen-bond donors (Lipinski definition) is 0. The summed E-state index contributed by atoms with van der Waals surface area (Å²) < 4.78 is 5.19. The van der Waals surface area contributed by atoms with Gasteiger partial charge < -0.3 is 9.64 Å². The molecule has 2 aromatic rings. The Morgan fingerprint density at radius 2 is 2.04 bits per heavy atom. The second-order valence-corrected chi connectivity index (χ2v) is 6.60. The molecule has 0 N–H and O–H groups in total. The zero-order valence-electron chi connectivity index (χ0n) is 13.8. The molecule has 0 amide bonds. The molecule has 0 spiro atoms. The topological polar surface area (TPSA) is 74.9 Å². The molecular formula is C17H19N5O. The molecule has 0 saturated heterocycles. The van der Waals surface area contributed by atoms with Crippen molar-refractivity contribution in [1.29, 1.82) is 5.26 Å². The van der Waals surface area contributed by atoms with Crippen LogP contribution in [0.25, 0.3) is 0 Å². The molecule has 0 bridgehead atoms. The standard InChI is InChI=1S/C17H19N5O/c1-17(2,3)16-20-8-11-9-22(10-13(11)21-16)14-5-6-19-15(23-4)12(14)7-18/h5-6,8H,9-10H2,1-4H3. The number of aromatic nitrogens is 3. The van der Waals surface area contributed by atoms with Crippen molar-refractivity contribution in [3.63, 3.8) is 0 Å². The van der Waals surface area contributed by atoms with Crippen LogP contribution < -0.4 is 9.64 Å². The normalized spacial score (nSPS) is 13.6. The summed E-state index contributed by atoms with van der Waals surface area (Å²) in [5.41, 5.74) is 3.30. The van der Waals surface area contributed by atoms with Gasteiger partial charge in [-0.3, -0.25) is 0 Å². The van der Waals surface area contributed by atoms with Crippen molar-refractivity contribution in [3.8, 4) is 11.9 Å². The smallest absolute Gasteiger partial charge is 0.233 e. The quantitative estimate of drug-likeness (QED) is 0.848. The molecule has 0 atom stereocenters. The van der Waals surface area contributed by atoms with Gasteiger partial charge in [0.15, 0.2) is 0 Å². The number of methoxy groups -OCH3 is 1. The maximum Gasteiger partial charge on any atom is 0.233 e. The Morgan fingerprint density at radius 1 is 1.26 bits per heavy atom. The van der Waals surface area contributed by atoms with Gasteiger partial charge in [0.1, 0.15) is 17.5 Å². The molecule has 1 aliphatic heterocycles. The molecule has 118 valence electrons. The number of hydrogen-bond acceptors (Lipinski definition) is 6. The Balaban J connectivity index is 1.96. The van der Waals surface area contributed by atoms with Crippen LogP contribution in [0, 0.1) is 11.3 Å². The molecule has 3 heterocycles. The van der Waals surface area contributed by atoms with Gasteiger partial charge in [0.2, 0.25) is 5.88 Å². The van der Waals surface area contributed by atoms with Crippen molar-refractivity contribution in [2.45, 2.75) is 39.3 Å². The summed E-state index contributed by atoms with van der Waals surface area (Å²) in [5.74, 6) is 1.19. The van der Waals surface area contributed by atoms with Gasteiger partial charge in [0.05, 0.1) is 25.0 Å². The fourth-order valence-corrected chi connectivity index (χ4v) is 2.64. The zero-order valence-corrected chi connectivity index (χ0v) is 13.8. The molecule has 0 saturated carbocycles. The van der Waals surface area contributed by atoms with Gasteiger partial charge in [-0.25, -0.2) is 15.0 Å². The third-order valence-corrected chi connectivity index (χ3v) is 3.87. The Labute approximate surface area is 135 Å². The summed E-state index contributed by atoms with van der Waals surface area (Å²) in [5, 5.41) is 9.43. The minimum atomic E-state index is -0.0832. The van der Waals surface area contributed by atoms with Crippen LogP contribution in [-0.2, 0) is 18.5 Å². The highest BCUT2D eigenvalue weighted by molar-refractivity contribution is 5.64. The number of anilines is 1. The van der Waals surface area contributed by atoms with Gasteiger partial charge >= 0.3 is 0 Å². The molecule has 0 radical (unpaired) electrons. The highest BCUT2D eigenvalue weighted by Crippen LogP contribution is 2.33. The first-order chi connectivity index (χ1) is 10.9. The predicted octanol–water partition coefficient (Wildman–Crippen LogP) is 2.57. The van der Waals surface area contributed by atoms with Crippen LogP contribution >= 0.6 is 0 Å². The van der Waals surface area contributed by atoms with Gasteiger partial charge in [-0.15, -0.1) is 0 Å². The van der Waals surface area contributed by atoms with Crippen molar-refractivity contribution >= 4 is 5.69 Å². The van der Waals surface area contributed by atoms with Crippen molar-refractivity contribution in [2.75, 3.05) is 12.0 Å². The van der Waals surface area contributed by atoms with Gasteiger partial charge in [-0.05, 0) is 6.07 Å². The fraction of sp³-hybridized carbons (Fsp3) is 0.412. The van der Waals surface area contributed by atoms with Crippen LogP contribution in [0.5, 0.6) is 5.88 Å². The van der Waals surface area contributed by atoms with Crippen molar-refractivity contribution in [2.24, 2.45) is 0 Å². The summed E-state index contributed by atoms with van der Waals surface area (Å²) in [6.45, 7) is 7.64. The van der Waals surface area contributed by atoms with Crippen molar-refractivity contribution in [1.82, 2.24) is 15.0 Å². The summed E-state index contributed by atoms with van der Waals surface area (Å²) in [6.07, 6.45) is 3.55. The lowest BCUT2D eigenvalue weighted by atomic mass is 9.95. The first-order valence-electron chi connectivity index (χ1n) is 7.47. The SMILES string of the molecule is COc1nccc(N2Cc3cnc(C(C)(C)C)nc3C2)c1C#N. The third kappa shape index (κ3) is 2.70. The van der Waals surface area contributed by atoms with E-state index in [1.165, 1.54) is 7.11 Å². The fourth-order valence-electron chi connectivity index (χ4n) is 2.64. The number of pyridine rings is 1. The van der Waals surface area contributed by atoms with Gasteiger partial charge in [0.25, 0.3) is 0 Å². The summed E-state index contributed by atoms with van der Waals surface area (Å²) >= 11 is 0. The van der Waals surface area contributed by atoms with E-state index in [4.69, 9.17) is 9.72 Å². The van der Waals surface area contributed by atoms with Gasteiger partial charge in [-0.2, -0.15) is 5.26 Å². The third-order valence-electron chi connectivity index (χ3n) is 3.87. The van der Waals surface area contributed by atoms with Crippen LogP contribution in [0.2, 0.25) is 0 Å². The summed E-state index contributed by atoms with van der Waals surface area (Å²) in [4.78, 5) is 15.4. The lowest BCUT2D eigenvalue weighted by molar-refractivity contribution is 0.396. The molecule has 6 nitrogen and oxygen atoms in total. The van der Waals surface area contributed by atoms with E-state index in [9.17, 15) is 5.26 Å². The largest absolute Gasteiger partial charge is 0.480 e. The van der Waals surface area contributed by atoms with E-state index in [1.807, 2.05) is 12.3 Å². The average Bonchev–Trinajstić information content (AvgIpc) is 2.95. The monoisotopic (exact) mass is 309 g/mol. The second-order valence-electron chi connectivity index (χ2n) is 6.60. The Kier molecular flexibility index (Phi) is 3.64. The van der Waals surface area contributed by atoms with Crippen LogP contribution in [0.4, 0.5) is 5.69 Å². The van der Waals surface area contributed by atoms with Gasteiger partial charge in [0, 0.05) is 29.9 Å². The molecule has 6 heteroatoms. The molecule has 0 unspecified atom stereocenters. The van der Waals surface area contributed by atoms with E-state index >= 15 is 0 Å². The number of nitriles is 1. The Morgan fingerprint density at radius 3 is 2.70 bits per heavy atom. The lowest BCUT2D eigenvalue weighted by Gasteiger charge is -2.19. The molecule has 1 aliphatic rings. The van der Waals surface area contributed by atoms with Crippen molar-refractivity contribution in [3.05, 3.63) is 41.1 Å². The van der Waals surface area contributed by atoms with E-state index in [0.717, 1.165) is 22.8 Å². The first kappa shape index (κ1) is 15.2. The molecule has 0 aliphatic carbocycles. The van der Waals surface area contributed by atoms with Crippen LogP contribution in [0.15, 0.2) is 18.5 Å². The minimum absolute atomic E-state index is 0.0832. The Hall–Kier alpha value is -2.68. The van der Waals surface area contributed by atoms with Crippen LogP contribution in [0.3, 0.4) is 0 Å². The lowest BCUT2D eigenvalue weighted by Crippen LogP contribution is -2.18. The molecule has 0 aromatic carbocycles. The molecule has 23 heavy (non-hydrogen) atoms. The summed E-state index contributed by atoms with van der Waals surface area (Å²) in [6, 6.07) is 4.03. The number of fused-ring (bicyclic) bond motifs is 1. The van der Waals surface area contributed by atoms with E-state index in [0.29, 0.717) is 24.5 Å². The number of nitrogens with zero attached hydrogens (tertiary/aromatic N) is 5. The molecule has 2 aromatic heterocycles. The first-order valence-corrected chi connectivity index (χ1v) is 7.47. The highest BCUT2D eigenvalue weighted by atomic mass is 16.5. The van der Waals surface area contributed by atoms with E-state index in [2.05, 4.69) is 41.7 Å². The second kappa shape index (κ2) is 5.51. The Bertz CT molecular complexity index is 789. The number of rotatable bonds is 2. The zero-order chi connectivity index (χ0) is 16.6. The maximum atomic E-state index is 9.43. The van der Waals surface area contributed by atoms with Crippen LogP contribution in [0.1, 0.15) is 43.4 Å². The van der Waals surface area contributed by atoms with E-state index in [1.54, 1.807) is 6.20 Å². The van der Waals surface area contributed by atoms with Crippen molar-refractivity contribution < 1.29 is 4.74 Å². The van der Waals surface area contributed by atoms with Gasteiger partial charge in [-0.1, -0.05) is 20.8 Å². The minimum Gasteiger partial charge on any atom is -0.480 e. The highest BCUT2D eigenvalue weighted by Gasteiger charge is 2.27. The number of ether oxygens (including phenoxy) is 1. The van der Waals surface area contributed by atoms with E-state index in [-0.39, 0.29) is 5.41 Å². The molecule has 0 fully saturated rings. The van der Waals surface area contributed by atoms with Crippen LogP contribution in [-0.4, -0.2) is 22.1 Å². The molecular weight excluding hydrogens is 290 g/mol.